The summed E-state index contributed by atoms with van der Waals surface area (Å²) >= 11 is 1.72. The van der Waals surface area contributed by atoms with Gasteiger partial charge in [0, 0.05) is 17.6 Å². The molecule has 6 rings (SSSR count). The van der Waals surface area contributed by atoms with E-state index in [2.05, 4.69) is 22.4 Å². The maximum Gasteiger partial charge on any atom is 0.184 e. The monoisotopic (exact) mass is 475 g/mol. The zero-order valence-electron chi connectivity index (χ0n) is 19.5. The van der Waals surface area contributed by atoms with Gasteiger partial charge in [-0.3, -0.25) is 4.98 Å². The molecule has 2 heterocycles. The SMILES string of the molecule is COc1ccc2nc(NC(CC3CCC(c4ccnc5ccc(F)cc45)CC3)C3CC3)sc2c1. The van der Waals surface area contributed by atoms with Crippen molar-refractivity contribution in [2.24, 2.45) is 11.8 Å². The number of nitrogens with zero attached hydrogens (tertiary/aromatic N) is 2. The lowest BCUT2D eigenvalue weighted by Crippen LogP contribution is -2.27. The van der Waals surface area contributed by atoms with Gasteiger partial charge in [-0.05, 0) is 111 Å². The molecule has 0 bridgehead atoms. The first-order valence-corrected chi connectivity index (χ1v) is 13.2. The molecular formula is C28H30FN3OS. The number of thiazole rings is 1. The molecule has 2 fully saturated rings. The molecule has 0 amide bonds. The summed E-state index contributed by atoms with van der Waals surface area (Å²) in [6.45, 7) is 0. The molecule has 4 aromatic rings. The first-order valence-electron chi connectivity index (χ1n) is 12.4. The first kappa shape index (κ1) is 21.8. The fourth-order valence-corrected chi connectivity index (χ4v) is 6.64. The topological polar surface area (TPSA) is 47.0 Å². The van der Waals surface area contributed by atoms with Crippen molar-refractivity contribution in [3.8, 4) is 5.75 Å². The highest BCUT2D eigenvalue weighted by atomic mass is 32.1. The Balaban J connectivity index is 1.12. The second-order valence-corrected chi connectivity index (χ2v) is 11.0. The number of nitrogens with one attached hydrogen (secondary N) is 1. The number of aromatic nitrogens is 2. The second kappa shape index (κ2) is 9.14. The van der Waals surface area contributed by atoms with E-state index < -0.39 is 0 Å². The highest BCUT2D eigenvalue weighted by Gasteiger charge is 2.35. The average molecular weight is 476 g/mol. The van der Waals surface area contributed by atoms with Crippen LogP contribution in [0.25, 0.3) is 21.1 Å². The number of benzene rings is 2. The Bertz CT molecular complexity index is 1310. The van der Waals surface area contributed by atoms with E-state index in [0.717, 1.165) is 43.8 Å². The molecule has 1 unspecified atom stereocenters. The summed E-state index contributed by atoms with van der Waals surface area (Å²) in [6.07, 6.45) is 10.5. The van der Waals surface area contributed by atoms with Gasteiger partial charge in [-0.15, -0.1) is 0 Å². The van der Waals surface area contributed by atoms with Crippen LogP contribution in [0.5, 0.6) is 5.75 Å². The molecule has 1 atom stereocenters. The first-order chi connectivity index (χ1) is 16.7. The molecule has 2 aliphatic carbocycles. The summed E-state index contributed by atoms with van der Waals surface area (Å²) in [6, 6.07) is 13.6. The summed E-state index contributed by atoms with van der Waals surface area (Å²) in [7, 11) is 1.70. The number of pyridine rings is 1. The van der Waals surface area contributed by atoms with Gasteiger partial charge in [0.05, 0.1) is 22.8 Å². The van der Waals surface area contributed by atoms with E-state index in [1.54, 1.807) is 30.6 Å². The van der Waals surface area contributed by atoms with Crippen LogP contribution < -0.4 is 10.1 Å². The van der Waals surface area contributed by atoms with Crippen molar-refractivity contribution >= 4 is 37.6 Å². The van der Waals surface area contributed by atoms with Crippen LogP contribution in [-0.4, -0.2) is 23.1 Å². The van der Waals surface area contributed by atoms with Crippen molar-refractivity contribution in [1.29, 1.82) is 0 Å². The molecule has 0 saturated heterocycles. The average Bonchev–Trinajstić information content (AvgIpc) is 3.63. The molecule has 0 radical (unpaired) electrons. The zero-order valence-corrected chi connectivity index (χ0v) is 20.3. The highest BCUT2D eigenvalue weighted by molar-refractivity contribution is 7.22. The van der Waals surface area contributed by atoms with Crippen molar-refractivity contribution in [1.82, 2.24) is 9.97 Å². The molecule has 2 saturated carbocycles. The van der Waals surface area contributed by atoms with Gasteiger partial charge in [0.25, 0.3) is 0 Å². The normalized spacial score (nSPS) is 21.6. The molecule has 1 N–H and O–H groups in total. The minimum Gasteiger partial charge on any atom is -0.497 e. The number of rotatable bonds is 7. The van der Waals surface area contributed by atoms with Gasteiger partial charge >= 0.3 is 0 Å². The molecule has 0 aliphatic heterocycles. The van der Waals surface area contributed by atoms with Gasteiger partial charge in [-0.2, -0.15) is 0 Å². The molecule has 176 valence electrons. The standard InChI is InChI=1S/C28H30FN3OS/c1-33-21-9-11-25-27(16-21)34-28(31-25)32-26(19-6-7-19)14-17-2-4-18(5-3-17)22-12-13-30-24-10-8-20(29)15-23(22)24/h8-13,15-19,26H,2-7,14H2,1H3,(H,31,32). The Morgan fingerprint density at radius 1 is 1.03 bits per heavy atom. The van der Waals surface area contributed by atoms with E-state index in [-0.39, 0.29) is 5.82 Å². The predicted molar refractivity (Wildman–Crippen MR) is 137 cm³/mol. The van der Waals surface area contributed by atoms with Gasteiger partial charge in [-0.25, -0.2) is 9.37 Å². The Morgan fingerprint density at radius 2 is 1.85 bits per heavy atom. The number of methoxy groups -OCH3 is 1. The van der Waals surface area contributed by atoms with Crippen LogP contribution in [0.4, 0.5) is 9.52 Å². The van der Waals surface area contributed by atoms with Crippen molar-refractivity contribution < 1.29 is 9.13 Å². The molecule has 2 aliphatic rings. The molecule has 6 heteroatoms. The van der Waals surface area contributed by atoms with Crippen LogP contribution in [0.2, 0.25) is 0 Å². The van der Waals surface area contributed by atoms with E-state index in [1.165, 1.54) is 56.6 Å². The third kappa shape index (κ3) is 4.48. The van der Waals surface area contributed by atoms with Crippen molar-refractivity contribution in [2.45, 2.75) is 56.9 Å². The number of hydrogen-bond donors (Lipinski definition) is 1. The molecular weight excluding hydrogens is 445 g/mol. The molecule has 4 nitrogen and oxygen atoms in total. The molecule has 2 aromatic heterocycles. The predicted octanol–water partition coefficient (Wildman–Crippen LogP) is 7.55. The van der Waals surface area contributed by atoms with E-state index in [9.17, 15) is 4.39 Å². The summed E-state index contributed by atoms with van der Waals surface area (Å²) in [5, 5.41) is 5.81. The number of fused-ring (bicyclic) bond motifs is 2. The van der Waals surface area contributed by atoms with Gasteiger partial charge in [0.2, 0.25) is 0 Å². The van der Waals surface area contributed by atoms with Crippen LogP contribution in [0.3, 0.4) is 0 Å². The van der Waals surface area contributed by atoms with Crippen molar-refractivity contribution in [3.05, 3.63) is 60.0 Å². The van der Waals surface area contributed by atoms with Crippen molar-refractivity contribution in [2.75, 3.05) is 12.4 Å². The minimum absolute atomic E-state index is 0.179. The Hall–Kier alpha value is -2.73. The van der Waals surface area contributed by atoms with E-state index >= 15 is 0 Å². The number of halogens is 1. The van der Waals surface area contributed by atoms with Gasteiger partial charge in [0.15, 0.2) is 5.13 Å². The van der Waals surface area contributed by atoms with E-state index in [1.807, 2.05) is 18.3 Å². The van der Waals surface area contributed by atoms with Gasteiger partial charge in [-0.1, -0.05) is 11.3 Å². The molecule has 34 heavy (non-hydrogen) atoms. The van der Waals surface area contributed by atoms with Crippen LogP contribution in [0.1, 0.15) is 56.4 Å². The summed E-state index contributed by atoms with van der Waals surface area (Å²) in [5.74, 6) is 2.69. The van der Waals surface area contributed by atoms with Crippen molar-refractivity contribution in [3.63, 3.8) is 0 Å². The Labute approximate surface area is 203 Å². The zero-order chi connectivity index (χ0) is 23.1. The highest BCUT2D eigenvalue weighted by Crippen LogP contribution is 2.44. The summed E-state index contributed by atoms with van der Waals surface area (Å²) in [5.41, 5.74) is 3.20. The largest absolute Gasteiger partial charge is 0.497 e. The smallest absolute Gasteiger partial charge is 0.184 e. The number of anilines is 1. The van der Waals surface area contributed by atoms with E-state index in [0.29, 0.717) is 12.0 Å². The Morgan fingerprint density at radius 3 is 2.65 bits per heavy atom. The Kier molecular flexibility index (Phi) is 5.85. The maximum absolute atomic E-state index is 13.9. The lowest BCUT2D eigenvalue weighted by Gasteiger charge is -2.32. The third-order valence-corrected chi connectivity index (χ3v) is 8.66. The molecule has 2 aromatic carbocycles. The van der Waals surface area contributed by atoms with E-state index in [4.69, 9.17) is 9.72 Å². The summed E-state index contributed by atoms with van der Waals surface area (Å²) in [4.78, 5) is 9.27. The lowest BCUT2D eigenvalue weighted by atomic mass is 9.75. The van der Waals surface area contributed by atoms with Gasteiger partial charge in [0.1, 0.15) is 11.6 Å². The molecule has 0 spiro atoms. The number of hydrogen-bond acceptors (Lipinski definition) is 5. The van der Waals surface area contributed by atoms with Crippen LogP contribution in [0.15, 0.2) is 48.7 Å². The lowest BCUT2D eigenvalue weighted by molar-refractivity contribution is 0.292. The number of ether oxygens (including phenoxy) is 1. The summed E-state index contributed by atoms with van der Waals surface area (Å²) < 4.78 is 20.4. The second-order valence-electron chi connectivity index (χ2n) is 9.96. The fraction of sp³-hybridized carbons (Fsp3) is 0.429. The maximum atomic E-state index is 13.9. The quantitative estimate of drug-likeness (QED) is 0.300. The third-order valence-electron chi connectivity index (χ3n) is 7.71. The van der Waals surface area contributed by atoms with Gasteiger partial charge < -0.3 is 10.1 Å². The van der Waals surface area contributed by atoms with Crippen LogP contribution in [-0.2, 0) is 0 Å². The van der Waals surface area contributed by atoms with Crippen LogP contribution in [0, 0.1) is 17.7 Å². The van der Waals surface area contributed by atoms with Crippen LogP contribution >= 0.6 is 11.3 Å². The minimum atomic E-state index is -0.179. The fourth-order valence-electron chi connectivity index (χ4n) is 5.68.